The van der Waals surface area contributed by atoms with Gasteiger partial charge in [-0.15, -0.1) is 0 Å². The van der Waals surface area contributed by atoms with Crippen LogP contribution < -0.4 is 17.2 Å². The zero-order valence-electron chi connectivity index (χ0n) is 3.92. The van der Waals surface area contributed by atoms with Crippen molar-refractivity contribution in [2.75, 3.05) is 6.54 Å². The van der Waals surface area contributed by atoms with E-state index in [0.717, 1.165) is 0 Å². The maximum Gasteiger partial charge on any atom is 0.235 e. The van der Waals surface area contributed by atoms with Crippen LogP contribution in [-0.2, 0) is 4.79 Å². The molecule has 6 N–H and O–H groups in total. The van der Waals surface area contributed by atoms with Gasteiger partial charge in [0.15, 0.2) is 0 Å². The predicted octanol–water partition coefficient (Wildman–Crippen LogP) is -2.24. The van der Waals surface area contributed by atoms with Gasteiger partial charge in [0.2, 0.25) is 5.91 Å². The van der Waals surface area contributed by atoms with Gasteiger partial charge in [0.25, 0.3) is 0 Å². The first kappa shape index (κ1) is 6.39. The molecule has 0 rings (SSSR count). The van der Waals surface area contributed by atoms with Crippen LogP contribution in [0.15, 0.2) is 0 Å². The van der Waals surface area contributed by atoms with E-state index in [-0.39, 0.29) is 6.54 Å². The molecule has 0 aliphatic heterocycles. The van der Waals surface area contributed by atoms with Gasteiger partial charge in [0.1, 0.15) is 0 Å². The molecule has 0 radical (unpaired) electrons. The van der Waals surface area contributed by atoms with E-state index in [1.165, 1.54) is 0 Å². The zero-order valence-corrected chi connectivity index (χ0v) is 3.92. The molecule has 0 fully saturated rings. The van der Waals surface area contributed by atoms with E-state index in [0.29, 0.717) is 0 Å². The fourth-order valence-corrected chi connectivity index (χ4v) is 0.116. The summed E-state index contributed by atoms with van der Waals surface area (Å²) in [7, 11) is 0. The van der Waals surface area contributed by atoms with Gasteiger partial charge in [-0.25, -0.2) is 0 Å². The standard InChI is InChI=1S/C3H9N3O/c4-1-2(5)3(6)7/h2H,1,4-5H2,(H2,6,7)/t2-/m0/s1. The lowest BCUT2D eigenvalue weighted by Gasteiger charge is -1.98. The number of hydrogen-bond donors (Lipinski definition) is 3. The Balaban J connectivity index is 3.34. The van der Waals surface area contributed by atoms with E-state index in [1.807, 2.05) is 0 Å². The molecule has 42 valence electrons. The highest BCUT2D eigenvalue weighted by molar-refractivity contribution is 5.79. The number of carbonyl (C=O) groups is 1. The Morgan fingerprint density at radius 1 is 1.71 bits per heavy atom. The number of primary amides is 1. The summed E-state index contributed by atoms with van der Waals surface area (Å²) in [4.78, 5) is 9.95. The van der Waals surface area contributed by atoms with Gasteiger partial charge in [-0.3, -0.25) is 4.79 Å². The molecule has 0 spiro atoms. The van der Waals surface area contributed by atoms with E-state index in [2.05, 4.69) is 0 Å². The van der Waals surface area contributed by atoms with Crippen molar-refractivity contribution in [2.45, 2.75) is 6.04 Å². The molecule has 0 heterocycles. The maximum absolute atomic E-state index is 9.95. The zero-order chi connectivity index (χ0) is 5.86. The van der Waals surface area contributed by atoms with Crippen LogP contribution in [0.1, 0.15) is 0 Å². The topological polar surface area (TPSA) is 95.1 Å². The van der Waals surface area contributed by atoms with Gasteiger partial charge in [-0.2, -0.15) is 0 Å². The second-order valence-electron chi connectivity index (χ2n) is 1.24. The fourth-order valence-electron chi connectivity index (χ4n) is 0.116. The largest absolute Gasteiger partial charge is 0.368 e. The lowest BCUT2D eigenvalue weighted by atomic mass is 10.3. The molecule has 0 unspecified atom stereocenters. The van der Waals surface area contributed by atoms with Crippen LogP contribution in [0.4, 0.5) is 0 Å². The third kappa shape index (κ3) is 2.13. The molecule has 0 aliphatic rings. The predicted molar refractivity (Wildman–Crippen MR) is 26.2 cm³/mol. The van der Waals surface area contributed by atoms with Crippen LogP contribution in [0, 0.1) is 0 Å². The molecular formula is C3H9N3O. The molecular weight excluding hydrogens is 94.1 g/mol. The van der Waals surface area contributed by atoms with Gasteiger partial charge in [-0.1, -0.05) is 0 Å². The lowest BCUT2D eigenvalue weighted by molar-refractivity contribution is -0.119. The van der Waals surface area contributed by atoms with E-state index >= 15 is 0 Å². The molecule has 0 saturated heterocycles. The number of amides is 1. The molecule has 0 bridgehead atoms. The van der Waals surface area contributed by atoms with E-state index in [9.17, 15) is 4.79 Å². The molecule has 4 nitrogen and oxygen atoms in total. The van der Waals surface area contributed by atoms with Gasteiger partial charge in [0.05, 0.1) is 6.04 Å². The SMILES string of the molecule is NC[C@H](N)C(N)=O. The van der Waals surface area contributed by atoms with Crippen molar-refractivity contribution in [3.05, 3.63) is 0 Å². The number of rotatable bonds is 2. The summed E-state index contributed by atoms with van der Waals surface area (Å²) in [6.45, 7) is 0.120. The summed E-state index contributed by atoms with van der Waals surface area (Å²) in [6, 6.07) is -0.681. The molecule has 4 heteroatoms. The Labute approximate surface area is 41.7 Å². The first-order valence-corrected chi connectivity index (χ1v) is 1.93. The van der Waals surface area contributed by atoms with E-state index < -0.39 is 11.9 Å². The normalized spacial score (nSPS) is 13.4. The van der Waals surface area contributed by atoms with Crippen molar-refractivity contribution in [1.29, 1.82) is 0 Å². The molecule has 1 atom stereocenters. The second kappa shape index (κ2) is 2.54. The average molecular weight is 103 g/mol. The molecule has 1 amide bonds. The maximum atomic E-state index is 9.95. The fraction of sp³-hybridized carbons (Fsp3) is 0.667. The van der Waals surface area contributed by atoms with Crippen molar-refractivity contribution in [1.82, 2.24) is 0 Å². The Kier molecular flexibility index (Phi) is 2.32. The summed E-state index contributed by atoms with van der Waals surface area (Å²) in [6.07, 6.45) is 0. The Bertz CT molecular complexity index is 72.6. The minimum absolute atomic E-state index is 0.120. The first-order chi connectivity index (χ1) is 3.18. The molecule has 0 aliphatic carbocycles. The highest BCUT2D eigenvalue weighted by Crippen LogP contribution is 1.64. The van der Waals surface area contributed by atoms with Crippen LogP contribution in [0.5, 0.6) is 0 Å². The molecule has 0 saturated carbocycles. The molecule has 0 aromatic carbocycles. The summed E-state index contributed by atoms with van der Waals surface area (Å²) < 4.78 is 0. The van der Waals surface area contributed by atoms with Crippen LogP contribution in [0.2, 0.25) is 0 Å². The molecule has 7 heavy (non-hydrogen) atoms. The summed E-state index contributed by atoms with van der Waals surface area (Å²) in [5.74, 6) is -0.553. The minimum Gasteiger partial charge on any atom is -0.368 e. The lowest BCUT2D eigenvalue weighted by Crippen LogP contribution is -2.42. The smallest absolute Gasteiger partial charge is 0.235 e. The number of hydrogen-bond acceptors (Lipinski definition) is 3. The quantitative estimate of drug-likeness (QED) is 0.368. The van der Waals surface area contributed by atoms with Crippen molar-refractivity contribution in [3.63, 3.8) is 0 Å². The Hall–Kier alpha value is -0.610. The van der Waals surface area contributed by atoms with E-state index in [4.69, 9.17) is 17.2 Å². The molecule has 0 aromatic rings. The van der Waals surface area contributed by atoms with Crippen molar-refractivity contribution < 1.29 is 4.79 Å². The first-order valence-electron chi connectivity index (χ1n) is 1.93. The van der Waals surface area contributed by atoms with Crippen molar-refractivity contribution in [3.8, 4) is 0 Å². The number of carbonyl (C=O) groups excluding carboxylic acids is 1. The van der Waals surface area contributed by atoms with Gasteiger partial charge < -0.3 is 17.2 Å². The third-order valence-electron chi connectivity index (χ3n) is 0.619. The van der Waals surface area contributed by atoms with Gasteiger partial charge in [-0.05, 0) is 0 Å². The van der Waals surface area contributed by atoms with Crippen molar-refractivity contribution in [2.24, 2.45) is 17.2 Å². The highest BCUT2D eigenvalue weighted by Gasteiger charge is 2.03. The van der Waals surface area contributed by atoms with Crippen LogP contribution in [0.25, 0.3) is 0 Å². The van der Waals surface area contributed by atoms with Crippen LogP contribution >= 0.6 is 0 Å². The summed E-state index contributed by atoms with van der Waals surface area (Å²) in [5.41, 5.74) is 14.7. The van der Waals surface area contributed by atoms with Crippen LogP contribution in [-0.4, -0.2) is 18.5 Å². The van der Waals surface area contributed by atoms with Crippen molar-refractivity contribution >= 4 is 5.91 Å². The highest BCUT2D eigenvalue weighted by atomic mass is 16.1. The van der Waals surface area contributed by atoms with Crippen LogP contribution in [0.3, 0.4) is 0 Å². The summed E-state index contributed by atoms with van der Waals surface area (Å²) in [5, 5.41) is 0. The molecule has 0 aromatic heterocycles. The van der Waals surface area contributed by atoms with E-state index in [1.54, 1.807) is 0 Å². The average Bonchev–Trinajstić information content (AvgIpc) is 1.65. The third-order valence-corrected chi connectivity index (χ3v) is 0.619. The van der Waals surface area contributed by atoms with Gasteiger partial charge in [0, 0.05) is 6.54 Å². The Morgan fingerprint density at radius 3 is 2.14 bits per heavy atom. The number of nitrogens with two attached hydrogens (primary N) is 3. The second-order valence-corrected chi connectivity index (χ2v) is 1.24. The monoisotopic (exact) mass is 103 g/mol. The minimum atomic E-state index is -0.681. The summed E-state index contributed by atoms with van der Waals surface area (Å²) >= 11 is 0. The van der Waals surface area contributed by atoms with Gasteiger partial charge >= 0.3 is 0 Å². The Morgan fingerprint density at radius 2 is 2.14 bits per heavy atom.